The van der Waals surface area contributed by atoms with E-state index in [1.165, 1.54) is 6.08 Å². The van der Waals surface area contributed by atoms with Gasteiger partial charge < -0.3 is 15.2 Å². The van der Waals surface area contributed by atoms with E-state index >= 15 is 0 Å². The predicted molar refractivity (Wildman–Crippen MR) is 85.3 cm³/mol. The van der Waals surface area contributed by atoms with Crippen LogP contribution in [0, 0.1) is 6.92 Å². The van der Waals surface area contributed by atoms with Gasteiger partial charge in [-0.15, -0.1) is 0 Å². The third-order valence-corrected chi connectivity index (χ3v) is 3.52. The van der Waals surface area contributed by atoms with E-state index in [9.17, 15) is 9.90 Å². The third-order valence-electron chi connectivity index (χ3n) is 3.11. The highest BCUT2D eigenvalue weighted by atomic mass is 35.5. The summed E-state index contributed by atoms with van der Waals surface area (Å²) in [5.74, 6) is -0.260. The van der Waals surface area contributed by atoms with E-state index in [1.54, 1.807) is 26.2 Å². The van der Waals surface area contributed by atoms with Crippen LogP contribution in [0.3, 0.4) is 0 Å². The molecule has 1 atom stereocenters. The van der Waals surface area contributed by atoms with Crippen molar-refractivity contribution in [1.29, 1.82) is 0 Å². The van der Waals surface area contributed by atoms with E-state index in [0.717, 1.165) is 11.1 Å². The number of hydrogen-bond donors (Lipinski definition) is 2. The molecule has 0 aliphatic heterocycles. The van der Waals surface area contributed by atoms with E-state index in [4.69, 9.17) is 16.3 Å². The van der Waals surface area contributed by atoms with Gasteiger partial charge in [0.1, 0.15) is 0 Å². The lowest BCUT2D eigenvalue weighted by Gasteiger charge is -2.22. The van der Waals surface area contributed by atoms with Crippen molar-refractivity contribution in [2.24, 2.45) is 0 Å². The third kappa shape index (κ3) is 6.76. The van der Waals surface area contributed by atoms with Gasteiger partial charge in [-0.3, -0.25) is 4.79 Å². The van der Waals surface area contributed by atoms with E-state index in [0.29, 0.717) is 18.1 Å². The first-order valence-corrected chi connectivity index (χ1v) is 7.15. The summed E-state index contributed by atoms with van der Waals surface area (Å²) in [6, 6.07) is 5.59. The fourth-order valence-corrected chi connectivity index (χ4v) is 1.82. The van der Waals surface area contributed by atoms with E-state index in [1.807, 2.05) is 19.1 Å². The molecule has 0 aliphatic rings. The topological polar surface area (TPSA) is 58.6 Å². The molecule has 1 aromatic rings. The Kier molecular flexibility index (Phi) is 6.89. The van der Waals surface area contributed by atoms with Gasteiger partial charge in [0.2, 0.25) is 5.91 Å². The Morgan fingerprint density at radius 2 is 2.24 bits per heavy atom. The van der Waals surface area contributed by atoms with Crippen LogP contribution in [0.2, 0.25) is 5.02 Å². The van der Waals surface area contributed by atoms with Crippen LogP contribution in [0.5, 0.6) is 0 Å². The number of halogens is 1. The number of hydrogen-bond acceptors (Lipinski definition) is 3. The molecule has 116 valence electrons. The van der Waals surface area contributed by atoms with Gasteiger partial charge in [0.15, 0.2) is 0 Å². The maximum absolute atomic E-state index is 11.7. The second-order valence-corrected chi connectivity index (χ2v) is 5.71. The van der Waals surface area contributed by atoms with E-state index in [-0.39, 0.29) is 12.5 Å². The lowest BCUT2D eigenvalue weighted by atomic mass is 10.0. The van der Waals surface area contributed by atoms with Gasteiger partial charge in [-0.2, -0.15) is 0 Å². The van der Waals surface area contributed by atoms with E-state index in [2.05, 4.69) is 5.32 Å². The minimum absolute atomic E-state index is 0.175. The molecule has 0 saturated heterocycles. The number of ether oxygens (including phenoxy) is 1. The first kappa shape index (κ1) is 17.7. The number of carbonyl (C=O) groups excluding carboxylic acids is 1. The average Bonchev–Trinajstić information content (AvgIpc) is 2.44. The Labute approximate surface area is 130 Å². The van der Waals surface area contributed by atoms with Crippen LogP contribution in [0.25, 0.3) is 6.08 Å². The number of aryl methyl sites for hydroxylation is 1. The maximum Gasteiger partial charge on any atom is 0.244 e. The van der Waals surface area contributed by atoms with Crippen LogP contribution in [0.1, 0.15) is 24.5 Å². The minimum atomic E-state index is -0.979. The summed E-state index contributed by atoms with van der Waals surface area (Å²) in [6.45, 7) is 4.20. The van der Waals surface area contributed by atoms with Crippen LogP contribution in [0.4, 0.5) is 0 Å². The zero-order valence-electron chi connectivity index (χ0n) is 12.6. The van der Waals surface area contributed by atoms with Crippen molar-refractivity contribution in [2.45, 2.75) is 25.9 Å². The second kappa shape index (κ2) is 8.17. The van der Waals surface area contributed by atoms with Gasteiger partial charge in [0.05, 0.1) is 5.60 Å². The van der Waals surface area contributed by atoms with Crippen molar-refractivity contribution >= 4 is 23.6 Å². The van der Waals surface area contributed by atoms with Gasteiger partial charge in [-0.25, -0.2) is 0 Å². The number of nitrogens with one attached hydrogen (secondary N) is 1. The molecule has 4 nitrogen and oxygen atoms in total. The van der Waals surface area contributed by atoms with Gasteiger partial charge in [-0.1, -0.05) is 23.7 Å². The summed E-state index contributed by atoms with van der Waals surface area (Å²) >= 11 is 6.02. The van der Waals surface area contributed by atoms with Crippen LogP contribution >= 0.6 is 11.6 Å². The molecule has 0 aliphatic carbocycles. The van der Waals surface area contributed by atoms with Gasteiger partial charge >= 0.3 is 0 Å². The summed E-state index contributed by atoms with van der Waals surface area (Å²) in [5.41, 5.74) is 0.867. The number of methoxy groups -OCH3 is 1. The Bertz CT molecular complexity index is 512. The molecule has 1 amide bonds. The molecule has 5 heteroatoms. The van der Waals surface area contributed by atoms with Crippen LogP contribution < -0.4 is 5.32 Å². The molecule has 0 bridgehead atoms. The molecule has 2 N–H and O–H groups in total. The summed E-state index contributed by atoms with van der Waals surface area (Å²) in [7, 11) is 1.57. The van der Waals surface area contributed by atoms with Crippen LogP contribution in [-0.2, 0) is 9.53 Å². The van der Waals surface area contributed by atoms with Crippen molar-refractivity contribution in [1.82, 2.24) is 5.32 Å². The Hall–Kier alpha value is -1.36. The predicted octanol–water partition coefficient (Wildman–Crippen LogP) is 2.57. The van der Waals surface area contributed by atoms with E-state index < -0.39 is 5.60 Å². The molecule has 0 saturated carbocycles. The Morgan fingerprint density at radius 1 is 1.52 bits per heavy atom. The summed E-state index contributed by atoms with van der Waals surface area (Å²) in [5, 5.41) is 13.3. The van der Waals surface area contributed by atoms with Crippen molar-refractivity contribution in [3.8, 4) is 0 Å². The Balaban J connectivity index is 2.49. The largest absolute Gasteiger partial charge is 0.388 e. The molecule has 1 unspecified atom stereocenters. The fourth-order valence-electron chi connectivity index (χ4n) is 1.63. The van der Waals surface area contributed by atoms with Crippen molar-refractivity contribution in [3.05, 3.63) is 40.4 Å². The highest BCUT2D eigenvalue weighted by Crippen LogP contribution is 2.17. The summed E-state index contributed by atoms with van der Waals surface area (Å²) in [4.78, 5) is 11.7. The SMILES string of the molecule is COCCC(C)(O)CNC(=O)/C=C/c1ccc(C)c(Cl)c1. The summed E-state index contributed by atoms with van der Waals surface area (Å²) in [6.07, 6.45) is 3.57. The number of aliphatic hydroxyl groups is 1. The first-order chi connectivity index (χ1) is 9.84. The molecule has 0 fully saturated rings. The molecular formula is C16H22ClNO3. The highest BCUT2D eigenvalue weighted by molar-refractivity contribution is 6.31. The van der Waals surface area contributed by atoms with Gasteiger partial charge in [0, 0.05) is 37.8 Å². The molecule has 0 radical (unpaired) electrons. The Morgan fingerprint density at radius 3 is 2.86 bits per heavy atom. The normalized spacial score (nSPS) is 14.1. The lowest BCUT2D eigenvalue weighted by molar-refractivity contribution is -0.117. The number of rotatable bonds is 7. The average molecular weight is 312 g/mol. The molecule has 1 rings (SSSR count). The summed E-state index contributed by atoms with van der Waals surface area (Å²) < 4.78 is 4.91. The van der Waals surface area contributed by atoms with Crippen molar-refractivity contribution in [3.63, 3.8) is 0 Å². The van der Waals surface area contributed by atoms with Crippen LogP contribution in [0.15, 0.2) is 24.3 Å². The van der Waals surface area contributed by atoms with Gasteiger partial charge in [0.25, 0.3) is 0 Å². The van der Waals surface area contributed by atoms with Crippen LogP contribution in [-0.4, -0.2) is 36.9 Å². The fraction of sp³-hybridized carbons (Fsp3) is 0.438. The van der Waals surface area contributed by atoms with Crippen molar-refractivity contribution < 1.29 is 14.6 Å². The quantitative estimate of drug-likeness (QED) is 0.761. The minimum Gasteiger partial charge on any atom is -0.388 e. The van der Waals surface area contributed by atoms with Crippen molar-refractivity contribution in [2.75, 3.05) is 20.3 Å². The second-order valence-electron chi connectivity index (χ2n) is 5.30. The molecular weight excluding hydrogens is 290 g/mol. The molecule has 0 spiro atoms. The molecule has 0 aromatic heterocycles. The molecule has 21 heavy (non-hydrogen) atoms. The number of carbonyl (C=O) groups is 1. The number of amides is 1. The zero-order valence-corrected chi connectivity index (χ0v) is 13.4. The lowest BCUT2D eigenvalue weighted by Crippen LogP contribution is -2.40. The highest BCUT2D eigenvalue weighted by Gasteiger charge is 2.20. The zero-order chi connectivity index (χ0) is 15.9. The smallest absolute Gasteiger partial charge is 0.244 e. The monoisotopic (exact) mass is 311 g/mol. The van der Waals surface area contributed by atoms with Gasteiger partial charge in [-0.05, 0) is 37.1 Å². The first-order valence-electron chi connectivity index (χ1n) is 6.77. The molecule has 1 aromatic carbocycles. The number of benzene rings is 1. The maximum atomic E-state index is 11.7. The standard InChI is InChI=1S/C16H22ClNO3/c1-12-4-5-13(10-14(12)17)6-7-15(19)18-11-16(2,20)8-9-21-3/h4-7,10,20H,8-9,11H2,1-3H3,(H,18,19)/b7-6+. The molecule has 0 heterocycles.